The van der Waals surface area contributed by atoms with E-state index in [0.29, 0.717) is 37.4 Å². The lowest BCUT2D eigenvalue weighted by Gasteiger charge is -2.31. The molecule has 4 rings (SSSR count). The summed E-state index contributed by atoms with van der Waals surface area (Å²) in [5, 5.41) is 10.0. The van der Waals surface area contributed by atoms with Crippen LogP contribution in [0.1, 0.15) is 23.2 Å². The maximum atomic E-state index is 12.5. The highest BCUT2D eigenvalue weighted by Crippen LogP contribution is 2.25. The van der Waals surface area contributed by atoms with E-state index < -0.39 is 5.63 Å². The van der Waals surface area contributed by atoms with Crippen molar-refractivity contribution < 1.29 is 13.9 Å². The average Bonchev–Trinajstić information content (AvgIpc) is 2.69. The van der Waals surface area contributed by atoms with Crippen LogP contribution in [0, 0.1) is 0 Å². The number of carbonyl (C=O) groups excluding carboxylic acids is 1. The Kier molecular flexibility index (Phi) is 4.35. The number of hydrogen-bond donors (Lipinski definition) is 0. The molecule has 0 N–H and O–H groups in total. The van der Waals surface area contributed by atoms with Crippen molar-refractivity contribution in [2.24, 2.45) is 0 Å². The molecule has 1 aliphatic heterocycles. The number of likely N-dealkylation sites (tertiary alicyclic amines) is 1. The van der Waals surface area contributed by atoms with Crippen molar-refractivity contribution in [3.05, 3.63) is 64.8 Å². The predicted molar refractivity (Wildman–Crippen MR) is 94.1 cm³/mol. The molecule has 0 bridgehead atoms. The summed E-state index contributed by atoms with van der Waals surface area (Å²) in [5.74, 6) is 0.384. The van der Waals surface area contributed by atoms with Gasteiger partial charge in [0.1, 0.15) is 12.4 Å². The standard InChI is InChI=1S/C19H17N3O4/c23-17-6-5-14(12-25-17)19(24)22-9-7-15(8-10-22)26-18-16-4-2-1-3-13(16)11-20-21-18/h1-6,11-12,15H,7-10H2. The molecule has 26 heavy (non-hydrogen) atoms. The second kappa shape index (κ2) is 6.95. The van der Waals surface area contributed by atoms with Gasteiger partial charge in [-0.15, -0.1) is 5.10 Å². The number of carbonyl (C=O) groups is 1. The highest BCUT2D eigenvalue weighted by molar-refractivity contribution is 5.93. The molecule has 3 heterocycles. The summed E-state index contributed by atoms with van der Waals surface area (Å²) in [5.41, 5.74) is -0.0891. The van der Waals surface area contributed by atoms with E-state index in [9.17, 15) is 9.59 Å². The Morgan fingerprint density at radius 2 is 1.96 bits per heavy atom. The number of fused-ring (bicyclic) bond motifs is 1. The predicted octanol–water partition coefficient (Wildman–Crippen LogP) is 2.27. The van der Waals surface area contributed by atoms with Gasteiger partial charge in [0.25, 0.3) is 5.91 Å². The Balaban J connectivity index is 1.41. The number of hydrogen-bond acceptors (Lipinski definition) is 6. The molecule has 2 aromatic heterocycles. The first-order chi connectivity index (χ1) is 12.7. The van der Waals surface area contributed by atoms with Crippen LogP contribution in [0.15, 0.2) is 58.1 Å². The summed E-state index contributed by atoms with van der Waals surface area (Å²) < 4.78 is 10.8. The van der Waals surface area contributed by atoms with Gasteiger partial charge in [0.15, 0.2) is 0 Å². The second-order valence-electron chi connectivity index (χ2n) is 6.19. The lowest BCUT2D eigenvalue weighted by atomic mass is 10.1. The van der Waals surface area contributed by atoms with Gasteiger partial charge >= 0.3 is 5.63 Å². The van der Waals surface area contributed by atoms with Crippen LogP contribution in [0.25, 0.3) is 10.8 Å². The smallest absolute Gasteiger partial charge is 0.335 e. The zero-order valence-electron chi connectivity index (χ0n) is 14.0. The molecule has 3 aromatic rings. The quantitative estimate of drug-likeness (QED) is 0.719. The summed E-state index contributed by atoms with van der Waals surface area (Å²) in [4.78, 5) is 25.2. The molecule has 1 aliphatic rings. The summed E-state index contributed by atoms with van der Waals surface area (Å²) >= 11 is 0. The van der Waals surface area contributed by atoms with E-state index in [4.69, 9.17) is 9.15 Å². The molecule has 1 fully saturated rings. The number of piperidine rings is 1. The van der Waals surface area contributed by atoms with Gasteiger partial charge in [-0.2, -0.15) is 5.10 Å². The molecular weight excluding hydrogens is 334 g/mol. The molecule has 0 atom stereocenters. The van der Waals surface area contributed by atoms with Gasteiger partial charge in [0, 0.05) is 42.8 Å². The van der Waals surface area contributed by atoms with Crippen molar-refractivity contribution >= 4 is 16.7 Å². The van der Waals surface area contributed by atoms with Gasteiger partial charge in [0.05, 0.1) is 11.8 Å². The summed E-state index contributed by atoms with van der Waals surface area (Å²) in [7, 11) is 0. The number of nitrogens with zero attached hydrogens (tertiary/aromatic N) is 3. The van der Waals surface area contributed by atoms with Gasteiger partial charge in [-0.05, 0) is 12.1 Å². The maximum absolute atomic E-state index is 12.5. The van der Waals surface area contributed by atoms with Crippen LogP contribution in [0.4, 0.5) is 0 Å². The van der Waals surface area contributed by atoms with Gasteiger partial charge in [0.2, 0.25) is 5.88 Å². The fraction of sp³-hybridized carbons (Fsp3) is 0.263. The van der Waals surface area contributed by atoms with Crippen LogP contribution in [0.3, 0.4) is 0 Å². The largest absolute Gasteiger partial charge is 0.473 e. The molecule has 1 saturated heterocycles. The fourth-order valence-corrected chi connectivity index (χ4v) is 3.09. The highest BCUT2D eigenvalue weighted by atomic mass is 16.5. The molecule has 7 heteroatoms. The fourth-order valence-electron chi connectivity index (χ4n) is 3.09. The number of rotatable bonds is 3. The van der Waals surface area contributed by atoms with Gasteiger partial charge < -0.3 is 14.1 Å². The van der Waals surface area contributed by atoms with E-state index in [1.807, 2.05) is 24.3 Å². The minimum absolute atomic E-state index is 0.0205. The molecule has 0 radical (unpaired) electrons. The number of aromatic nitrogens is 2. The lowest BCUT2D eigenvalue weighted by molar-refractivity contribution is 0.0586. The minimum atomic E-state index is -0.468. The van der Waals surface area contributed by atoms with Gasteiger partial charge in [-0.25, -0.2) is 4.79 Å². The van der Waals surface area contributed by atoms with Crippen molar-refractivity contribution in [3.8, 4) is 5.88 Å². The molecule has 1 amide bonds. The molecular formula is C19H17N3O4. The van der Waals surface area contributed by atoms with E-state index >= 15 is 0 Å². The van der Waals surface area contributed by atoms with Crippen LogP contribution in [-0.2, 0) is 0 Å². The number of amides is 1. The minimum Gasteiger partial charge on any atom is -0.473 e. The molecule has 0 unspecified atom stereocenters. The molecule has 0 saturated carbocycles. The highest BCUT2D eigenvalue weighted by Gasteiger charge is 2.25. The zero-order chi connectivity index (χ0) is 17.9. The van der Waals surface area contributed by atoms with E-state index in [2.05, 4.69) is 10.2 Å². The lowest BCUT2D eigenvalue weighted by Crippen LogP contribution is -2.41. The van der Waals surface area contributed by atoms with Crippen LogP contribution in [0.5, 0.6) is 5.88 Å². The Morgan fingerprint density at radius 1 is 1.15 bits per heavy atom. The van der Waals surface area contributed by atoms with Crippen LogP contribution >= 0.6 is 0 Å². The summed E-state index contributed by atoms with van der Waals surface area (Å²) in [6.45, 7) is 1.14. The van der Waals surface area contributed by atoms with Crippen molar-refractivity contribution in [3.63, 3.8) is 0 Å². The Labute approximate surface area is 149 Å². The monoisotopic (exact) mass is 351 g/mol. The van der Waals surface area contributed by atoms with Crippen LogP contribution in [-0.4, -0.2) is 40.2 Å². The second-order valence-corrected chi connectivity index (χ2v) is 6.19. The van der Waals surface area contributed by atoms with Crippen molar-refractivity contribution in [2.75, 3.05) is 13.1 Å². The maximum Gasteiger partial charge on any atom is 0.335 e. The first kappa shape index (κ1) is 16.3. The van der Waals surface area contributed by atoms with Crippen molar-refractivity contribution in [1.82, 2.24) is 15.1 Å². The van der Waals surface area contributed by atoms with E-state index in [-0.39, 0.29) is 12.0 Å². The Bertz CT molecular complexity index is 967. The average molecular weight is 351 g/mol. The third-order valence-electron chi connectivity index (χ3n) is 4.49. The summed E-state index contributed by atoms with van der Waals surface area (Å²) in [6.07, 6.45) is 4.30. The normalized spacial score (nSPS) is 15.2. The third kappa shape index (κ3) is 3.28. The first-order valence-electron chi connectivity index (χ1n) is 8.46. The third-order valence-corrected chi connectivity index (χ3v) is 4.49. The zero-order valence-corrected chi connectivity index (χ0v) is 14.0. The van der Waals surface area contributed by atoms with Crippen molar-refractivity contribution in [1.29, 1.82) is 0 Å². The molecule has 7 nitrogen and oxygen atoms in total. The number of benzene rings is 1. The SMILES string of the molecule is O=C(c1ccc(=O)oc1)N1CCC(Oc2nncc3ccccc23)CC1. The van der Waals surface area contributed by atoms with E-state index in [1.165, 1.54) is 18.4 Å². The Hall–Kier alpha value is -3.22. The Morgan fingerprint density at radius 3 is 2.73 bits per heavy atom. The van der Waals surface area contributed by atoms with Crippen LogP contribution in [0.2, 0.25) is 0 Å². The first-order valence-corrected chi connectivity index (χ1v) is 8.46. The van der Waals surface area contributed by atoms with Crippen LogP contribution < -0.4 is 10.4 Å². The molecule has 0 spiro atoms. The number of ether oxygens (including phenoxy) is 1. The molecule has 0 aliphatic carbocycles. The van der Waals surface area contributed by atoms with Crippen molar-refractivity contribution in [2.45, 2.75) is 18.9 Å². The molecule has 132 valence electrons. The van der Waals surface area contributed by atoms with Gasteiger partial charge in [-0.3, -0.25) is 4.79 Å². The topological polar surface area (TPSA) is 85.5 Å². The van der Waals surface area contributed by atoms with E-state index in [0.717, 1.165) is 10.8 Å². The summed E-state index contributed by atoms with van der Waals surface area (Å²) in [6, 6.07) is 10.6. The molecule has 1 aromatic carbocycles. The van der Waals surface area contributed by atoms with Gasteiger partial charge in [-0.1, -0.05) is 18.2 Å². The van der Waals surface area contributed by atoms with E-state index in [1.54, 1.807) is 11.1 Å².